The van der Waals surface area contributed by atoms with Gasteiger partial charge in [-0.05, 0) is 25.8 Å². The van der Waals surface area contributed by atoms with Gasteiger partial charge in [-0.15, -0.1) is 0 Å². The molecule has 1 aliphatic heterocycles. The highest BCUT2D eigenvalue weighted by Gasteiger charge is 2.39. The highest BCUT2D eigenvalue weighted by atomic mass is 19.1. The summed E-state index contributed by atoms with van der Waals surface area (Å²) in [7, 11) is 0. The minimum Gasteiger partial charge on any atom is -0.375 e. The van der Waals surface area contributed by atoms with Crippen LogP contribution in [0.15, 0.2) is 24.3 Å². The van der Waals surface area contributed by atoms with Crippen molar-refractivity contribution in [2.24, 2.45) is 5.73 Å². The van der Waals surface area contributed by atoms with Crippen molar-refractivity contribution in [3.05, 3.63) is 35.6 Å². The number of nitrogens with two attached hydrogens (primary N) is 1. The van der Waals surface area contributed by atoms with Crippen LogP contribution in [0.5, 0.6) is 0 Å². The van der Waals surface area contributed by atoms with E-state index >= 15 is 0 Å². The lowest BCUT2D eigenvalue weighted by Gasteiger charge is -2.48. The van der Waals surface area contributed by atoms with Gasteiger partial charge in [-0.3, -0.25) is 4.90 Å². The smallest absolute Gasteiger partial charge is 0.128 e. The van der Waals surface area contributed by atoms with E-state index < -0.39 is 0 Å². The molecule has 0 radical (unpaired) electrons. The topological polar surface area (TPSA) is 38.5 Å². The lowest BCUT2D eigenvalue weighted by atomic mass is 9.87. The van der Waals surface area contributed by atoms with Crippen molar-refractivity contribution in [1.82, 2.24) is 4.90 Å². The largest absolute Gasteiger partial charge is 0.375 e. The molecule has 0 aromatic heterocycles. The molecule has 1 aliphatic carbocycles. The van der Waals surface area contributed by atoms with Gasteiger partial charge in [0, 0.05) is 24.2 Å². The molecule has 1 aromatic carbocycles. The van der Waals surface area contributed by atoms with Gasteiger partial charge in [-0.25, -0.2) is 4.39 Å². The summed E-state index contributed by atoms with van der Waals surface area (Å²) in [6.45, 7) is 3.53. The van der Waals surface area contributed by atoms with E-state index in [9.17, 15) is 4.39 Å². The van der Waals surface area contributed by atoms with Crippen molar-refractivity contribution in [2.75, 3.05) is 13.2 Å². The minimum atomic E-state index is -0.154. The standard InChI is InChI=1S/C17H25FN2O/c1-12(19)17(13-6-2-3-7-14(13)18)20-10-11-21-16-9-5-4-8-15(16)20/h2-3,6-7,12,15-17H,4-5,8-11,19H2,1H3. The van der Waals surface area contributed by atoms with Crippen LogP contribution in [0.2, 0.25) is 0 Å². The Labute approximate surface area is 126 Å². The molecule has 4 atom stereocenters. The zero-order valence-corrected chi connectivity index (χ0v) is 12.7. The maximum absolute atomic E-state index is 14.3. The van der Waals surface area contributed by atoms with Crippen LogP contribution in [-0.4, -0.2) is 36.2 Å². The van der Waals surface area contributed by atoms with E-state index in [0.29, 0.717) is 12.1 Å². The summed E-state index contributed by atoms with van der Waals surface area (Å²) < 4.78 is 20.2. The van der Waals surface area contributed by atoms with Crippen LogP contribution < -0.4 is 5.73 Å². The number of halogens is 1. The van der Waals surface area contributed by atoms with Gasteiger partial charge in [0.1, 0.15) is 5.82 Å². The normalized spacial score (nSPS) is 29.7. The number of morpholine rings is 1. The molecule has 3 nitrogen and oxygen atoms in total. The Hall–Kier alpha value is -0.970. The second-order valence-corrected chi connectivity index (χ2v) is 6.32. The summed E-state index contributed by atoms with van der Waals surface area (Å²) in [6.07, 6.45) is 4.99. The summed E-state index contributed by atoms with van der Waals surface area (Å²) >= 11 is 0. The molecule has 2 aliphatic rings. The number of rotatable bonds is 3. The average molecular weight is 292 g/mol. The first kappa shape index (κ1) is 14.9. The predicted octanol–water partition coefficient (Wildman–Crippen LogP) is 2.86. The van der Waals surface area contributed by atoms with E-state index in [4.69, 9.17) is 10.5 Å². The van der Waals surface area contributed by atoms with Gasteiger partial charge in [-0.2, -0.15) is 0 Å². The Bertz CT molecular complexity index is 478. The number of benzene rings is 1. The van der Waals surface area contributed by atoms with Gasteiger partial charge < -0.3 is 10.5 Å². The first-order chi connectivity index (χ1) is 10.2. The van der Waals surface area contributed by atoms with Gasteiger partial charge in [0.15, 0.2) is 0 Å². The Kier molecular flexibility index (Phi) is 4.57. The van der Waals surface area contributed by atoms with Crippen molar-refractivity contribution in [1.29, 1.82) is 0 Å². The summed E-state index contributed by atoms with van der Waals surface area (Å²) in [5.74, 6) is -0.154. The molecule has 0 spiro atoms. The third-order valence-electron chi connectivity index (χ3n) is 4.85. The maximum Gasteiger partial charge on any atom is 0.128 e. The molecule has 1 aromatic rings. The zero-order valence-electron chi connectivity index (χ0n) is 12.7. The van der Waals surface area contributed by atoms with Gasteiger partial charge in [-0.1, -0.05) is 31.0 Å². The molecule has 0 bridgehead atoms. The Morgan fingerprint density at radius 1 is 1.29 bits per heavy atom. The molecule has 116 valence electrons. The van der Waals surface area contributed by atoms with Gasteiger partial charge in [0.25, 0.3) is 0 Å². The Morgan fingerprint density at radius 2 is 2.05 bits per heavy atom. The SMILES string of the molecule is CC(N)C(c1ccccc1F)N1CCOC2CCCCC21. The second kappa shape index (κ2) is 6.42. The summed E-state index contributed by atoms with van der Waals surface area (Å²) in [6, 6.07) is 7.23. The number of hydrogen-bond donors (Lipinski definition) is 1. The maximum atomic E-state index is 14.3. The van der Waals surface area contributed by atoms with Crippen LogP contribution in [0.25, 0.3) is 0 Å². The number of nitrogens with zero attached hydrogens (tertiary/aromatic N) is 1. The summed E-state index contributed by atoms with van der Waals surface area (Å²) in [5, 5.41) is 0. The highest BCUT2D eigenvalue weighted by molar-refractivity contribution is 5.23. The lowest BCUT2D eigenvalue weighted by Crippen LogP contribution is -2.56. The Morgan fingerprint density at radius 3 is 2.81 bits per heavy atom. The third-order valence-corrected chi connectivity index (χ3v) is 4.85. The highest BCUT2D eigenvalue weighted by Crippen LogP contribution is 2.36. The quantitative estimate of drug-likeness (QED) is 0.931. The van der Waals surface area contributed by atoms with Crippen LogP contribution in [-0.2, 0) is 4.74 Å². The number of hydrogen-bond acceptors (Lipinski definition) is 3. The molecule has 1 saturated heterocycles. The predicted molar refractivity (Wildman–Crippen MR) is 81.5 cm³/mol. The minimum absolute atomic E-state index is 0.0688. The summed E-state index contributed by atoms with van der Waals surface area (Å²) in [4.78, 5) is 2.40. The van der Waals surface area contributed by atoms with Crippen molar-refractivity contribution in [3.63, 3.8) is 0 Å². The molecule has 2 N–H and O–H groups in total. The molecule has 4 unspecified atom stereocenters. The molecular formula is C17H25FN2O. The van der Waals surface area contributed by atoms with Crippen molar-refractivity contribution < 1.29 is 9.13 Å². The van der Waals surface area contributed by atoms with E-state index in [0.717, 1.165) is 31.6 Å². The fourth-order valence-corrected chi connectivity index (χ4v) is 3.95. The fraction of sp³-hybridized carbons (Fsp3) is 0.647. The molecular weight excluding hydrogens is 267 g/mol. The van der Waals surface area contributed by atoms with Gasteiger partial charge in [0.05, 0.1) is 18.8 Å². The van der Waals surface area contributed by atoms with Crippen LogP contribution in [0.4, 0.5) is 4.39 Å². The Balaban J connectivity index is 1.91. The molecule has 4 heteroatoms. The summed E-state index contributed by atoms with van der Waals surface area (Å²) in [5.41, 5.74) is 6.96. The van der Waals surface area contributed by atoms with Gasteiger partial charge in [0.2, 0.25) is 0 Å². The monoisotopic (exact) mass is 292 g/mol. The molecule has 1 saturated carbocycles. The molecule has 21 heavy (non-hydrogen) atoms. The first-order valence-electron chi connectivity index (χ1n) is 8.06. The van der Waals surface area contributed by atoms with Crippen LogP contribution in [0.1, 0.15) is 44.2 Å². The van der Waals surface area contributed by atoms with Crippen LogP contribution in [0, 0.1) is 5.82 Å². The molecule has 0 amide bonds. The number of ether oxygens (including phenoxy) is 1. The zero-order chi connectivity index (χ0) is 14.8. The van der Waals surface area contributed by atoms with Gasteiger partial charge >= 0.3 is 0 Å². The third kappa shape index (κ3) is 2.98. The lowest BCUT2D eigenvalue weighted by molar-refractivity contribution is -0.106. The van der Waals surface area contributed by atoms with E-state index in [1.807, 2.05) is 19.1 Å². The first-order valence-corrected chi connectivity index (χ1v) is 8.06. The molecule has 1 heterocycles. The molecule has 2 fully saturated rings. The van der Waals surface area contributed by atoms with Crippen molar-refractivity contribution in [3.8, 4) is 0 Å². The van der Waals surface area contributed by atoms with E-state index in [1.54, 1.807) is 6.07 Å². The van der Waals surface area contributed by atoms with E-state index in [2.05, 4.69) is 4.90 Å². The van der Waals surface area contributed by atoms with Crippen LogP contribution in [0.3, 0.4) is 0 Å². The number of fused-ring (bicyclic) bond motifs is 1. The molecule has 3 rings (SSSR count). The fourth-order valence-electron chi connectivity index (χ4n) is 3.95. The average Bonchev–Trinajstić information content (AvgIpc) is 2.49. The van der Waals surface area contributed by atoms with Crippen molar-refractivity contribution in [2.45, 2.75) is 56.8 Å². The van der Waals surface area contributed by atoms with Crippen molar-refractivity contribution >= 4 is 0 Å². The van der Waals surface area contributed by atoms with Crippen LogP contribution >= 0.6 is 0 Å². The van der Waals surface area contributed by atoms with E-state index in [1.165, 1.54) is 18.9 Å². The second-order valence-electron chi connectivity index (χ2n) is 6.32. The van der Waals surface area contributed by atoms with E-state index in [-0.39, 0.29) is 17.9 Å².